The van der Waals surface area contributed by atoms with Crippen molar-refractivity contribution in [2.24, 2.45) is 5.92 Å². The van der Waals surface area contributed by atoms with E-state index in [0.29, 0.717) is 18.4 Å². The number of methoxy groups -OCH3 is 1. The Kier molecular flexibility index (Phi) is 6.17. The highest BCUT2D eigenvalue weighted by Crippen LogP contribution is 2.31. The molecule has 2 N–H and O–H groups in total. The van der Waals surface area contributed by atoms with Crippen LogP contribution in [-0.4, -0.2) is 29.1 Å². The minimum atomic E-state index is -0.641. The number of hydrogen-bond acceptors (Lipinski definition) is 5. The Morgan fingerprint density at radius 3 is 2.24 bits per heavy atom. The molecule has 25 heavy (non-hydrogen) atoms. The first kappa shape index (κ1) is 18.5. The second kappa shape index (κ2) is 8.33. The summed E-state index contributed by atoms with van der Waals surface area (Å²) in [5, 5.41) is 19.9. The third-order valence-electron chi connectivity index (χ3n) is 4.11. The van der Waals surface area contributed by atoms with Crippen LogP contribution in [0.2, 0.25) is 0 Å². The van der Waals surface area contributed by atoms with Crippen LogP contribution in [0.3, 0.4) is 0 Å². The predicted molar refractivity (Wildman–Crippen MR) is 93.7 cm³/mol. The maximum atomic E-state index is 12.5. The highest BCUT2D eigenvalue weighted by Gasteiger charge is 2.26. The van der Waals surface area contributed by atoms with E-state index < -0.39 is 17.7 Å². The SMILES string of the molecule is COC(=O)[C@H](CCc1ccccc1)CC(=O)c1c(O)cc(C)cc1O. The van der Waals surface area contributed by atoms with E-state index in [1.54, 1.807) is 6.92 Å². The summed E-state index contributed by atoms with van der Waals surface area (Å²) < 4.78 is 4.80. The second-order valence-electron chi connectivity index (χ2n) is 6.05. The first-order chi connectivity index (χ1) is 11.9. The van der Waals surface area contributed by atoms with E-state index in [0.717, 1.165) is 5.56 Å². The highest BCUT2D eigenvalue weighted by molar-refractivity contribution is 6.02. The van der Waals surface area contributed by atoms with Crippen molar-refractivity contribution < 1.29 is 24.5 Å². The molecule has 1 atom stereocenters. The molecule has 0 spiro atoms. The maximum Gasteiger partial charge on any atom is 0.309 e. The molecule has 5 heteroatoms. The monoisotopic (exact) mass is 342 g/mol. The summed E-state index contributed by atoms with van der Waals surface area (Å²) in [5.74, 6) is -2.17. The van der Waals surface area contributed by atoms with Crippen LogP contribution < -0.4 is 0 Å². The van der Waals surface area contributed by atoms with Gasteiger partial charge in [0.1, 0.15) is 17.1 Å². The fourth-order valence-electron chi connectivity index (χ4n) is 2.82. The first-order valence-electron chi connectivity index (χ1n) is 8.10. The maximum absolute atomic E-state index is 12.5. The van der Waals surface area contributed by atoms with Crippen molar-refractivity contribution in [1.82, 2.24) is 0 Å². The number of rotatable bonds is 7. The zero-order chi connectivity index (χ0) is 18.4. The number of carbonyl (C=O) groups is 2. The zero-order valence-electron chi connectivity index (χ0n) is 14.4. The number of phenolic OH excluding ortho intramolecular Hbond substituents is 2. The van der Waals surface area contributed by atoms with Crippen molar-refractivity contribution in [1.29, 1.82) is 0 Å². The van der Waals surface area contributed by atoms with Gasteiger partial charge in [0, 0.05) is 6.42 Å². The number of esters is 1. The van der Waals surface area contributed by atoms with E-state index in [1.807, 2.05) is 30.3 Å². The molecule has 0 unspecified atom stereocenters. The van der Waals surface area contributed by atoms with Crippen LogP contribution in [0.15, 0.2) is 42.5 Å². The average Bonchev–Trinajstić information content (AvgIpc) is 2.57. The van der Waals surface area contributed by atoms with Gasteiger partial charge in [-0.15, -0.1) is 0 Å². The van der Waals surface area contributed by atoms with Crippen LogP contribution in [0, 0.1) is 12.8 Å². The molecule has 0 aromatic heterocycles. The minimum absolute atomic E-state index is 0.135. The molecule has 0 bridgehead atoms. The zero-order valence-corrected chi connectivity index (χ0v) is 14.4. The molecule has 0 radical (unpaired) electrons. The van der Waals surface area contributed by atoms with Crippen molar-refractivity contribution >= 4 is 11.8 Å². The summed E-state index contributed by atoms with van der Waals surface area (Å²) in [5.41, 5.74) is 1.55. The highest BCUT2D eigenvalue weighted by atomic mass is 16.5. The lowest BCUT2D eigenvalue weighted by atomic mass is 9.91. The predicted octanol–water partition coefficient (Wildman–Crippen LogP) is 3.40. The Hall–Kier alpha value is -2.82. The molecule has 0 saturated heterocycles. The Balaban J connectivity index is 2.14. The second-order valence-corrected chi connectivity index (χ2v) is 6.05. The lowest BCUT2D eigenvalue weighted by molar-refractivity contribution is -0.145. The average molecular weight is 342 g/mol. The molecule has 2 aromatic carbocycles. The van der Waals surface area contributed by atoms with Gasteiger partial charge < -0.3 is 14.9 Å². The third-order valence-corrected chi connectivity index (χ3v) is 4.11. The minimum Gasteiger partial charge on any atom is -0.507 e. The fraction of sp³-hybridized carbons (Fsp3) is 0.300. The molecule has 0 aliphatic rings. The smallest absolute Gasteiger partial charge is 0.309 e. The van der Waals surface area contributed by atoms with Crippen LogP contribution in [0.25, 0.3) is 0 Å². The van der Waals surface area contributed by atoms with Gasteiger partial charge in [-0.1, -0.05) is 30.3 Å². The summed E-state index contributed by atoms with van der Waals surface area (Å²) >= 11 is 0. The molecule has 0 aliphatic heterocycles. The molecule has 0 aliphatic carbocycles. The number of benzene rings is 2. The molecule has 0 fully saturated rings. The fourth-order valence-corrected chi connectivity index (χ4v) is 2.82. The van der Waals surface area contributed by atoms with Gasteiger partial charge in [-0.05, 0) is 43.0 Å². The number of phenols is 2. The van der Waals surface area contributed by atoms with Crippen LogP contribution in [-0.2, 0) is 16.0 Å². The molecule has 2 rings (SSSR count). The Bertz CT molecular complexity index is 729. The van der Waals surface area contributed by atoms with Gasteiger partial charge in [0.2, 0.25) is 0 Å². The molecule has 0 saturated carbocycles. The van der Waals surface area contributed by atoms with Crippen molar-refractivity contribution in [3.05, 3.63) is 59.2 Å². The van der Waals surface area contributed by atoms with E-state index in [-0.39, 0.29) is 23.5 Å². The van der Waals surface area contributed by atoms with Gasteiger partial charge in [0.15, 0.2) is 5.78 Å². The molecule has 5 nitrogen and oxygen atoms in total. The van der Waals surface area contributed by atoms with Gasteiger partial charge in [-0.25, -0.2) is 0 Å². The van der Waals surface area contributed by atoms with Crippen LogP contribution >= 0.6 is 0 Å². The molecular formula is C20H22O5. The van der Waals surface area contributed by atoms with Crippen LogP contribution in [0.1, 0.15) is 34.3 Å². The first-order valence-corrected chi connectivity index (χ1v) is 8.10. The summed E-state index contributed by atoms with van der Waals surface area (Å²) in [7, 11) is 1.28. The van der Waals surface area contributed by atoms with E-state index in [1.165, 1.54) is 19.2 Å². The van der Waals surface area contributed by atoms with Crippen LogP contribution in [0.5, 0.6) is 11.5 Å². The molecule has 2 aromatic rings. The topological polar surface area (TPSA) is 83.8 Å². The number of ketones is 1. The summed E-state index contributed by atoms with van der Waals surface area (Å²) in [6.45, 7) is 1.70. The Morgan fingerprint density at radius 2 is 1.68 bits per heavy atom. The number of carbonyl (C=O) groups excluding carboxylic acids is 2. The van der Waals surface area contributed by atoms with E-state index in [9.17, 15) is 19.8 Å². The third kappa shape index (κ3) is 4.83. The summed E-state index contributed by atoms with van der Waals surface area (Å²) in [6.07, 6.45) is 0.930. The van der Waals surface area contributed by atoms with Crippen molar-refractivity contribution in [3.8, 4) is 11.5 Å². The Morgan fingerprint density at radius 1 is 1.08 bits per heavy atom. The van der Waals surface area contributed by atoms with E-state index in [2.05, 4.69) is 0 Å². The number of Topliss-reactive ketones (excluding diaryl/α,β-unsaturated/α-hetero) is 1. The number of ether oxygens (including phenoxy) is 1. The summed E-state index contributed by atoms with van der Waals surface area (Å²) in [6, 6.07) is 12.5. The van der Waals surface area contributed by atoms with Gasteiger partial charge in [0.05, 0.1) is 13.0 Å². The lowest BCUT2D eigenvalue weighted by Crippen LogP contribution is -2.21. The Labute approximate surface area is 146 Å². The van der Waals surface area contributed by atoms with Crippen molar-refractivity contribution in [3.63, 3.8) is 0 Å². The van der Waals surface area contributed by atoms with Gasteiger partial charge in [-0.2, -0.15) is 0 Å². The number of aryl methyl sites for hydroxylation is 2. The molecule has 132 valence electrons. The lowest BCUT2D eigenvalue weighted by Gasteiger charge is -2.15. The van der Waals surface area contributed by atoms with Crippen molar-refractivity contribution in [2.45, 2.75) is 26.2 Å². The van der Waals surface area contributed by atoms with E-state index >= 15 is 0 Å². The standard InChI is InChI=1S/C20H22O5/c1-13-10-16(21)19(17(22)11-13)18(23)12-15(20(24)25-2)9-8-14-6-4-3-5-7-14/h3-7,10-11,15,21-22H,8-9,12H2,1-2H3/t15-/m1/s1. The van der Waals surface area contributed by atoms with Crippen molar-refractivity contribution in [2.75, 3.05) is 7.11 Å². The number of hydrogen-bond donors (Lipinski definition) is 2. The van der Waals surface area contributed by atoms with Gasteiger partial charge in [0.25, 0.3) is 0 Å². The molecular weight excluding hydrogens is 320 g/mol. The largest absolute Gasteiger partial charge is 0.507 e. The normalized spacial score (nSPS) is 11.8. The van der Waals surface area contributed by atoms with E-state index in [4.69, 9.17) is 4.74 Å². The van der Waals surface area contributed by atoms with Gasteiger partial charge in [-0.3, -0.25) is 9.59 Å². The molecule has 0 amide bonds. The molecule has 0 heterocycles. The summed E-state index contributed by atoms with van der Waals surface area (Å²) in [4.78, 5) is 24.5. The quantitative estimate of drug-likeness (QED) is 0.595. The van der Waals surface area contributed by atoms with Gasteiger partial charge >= 0.3 is 5.97 Å². The van der Waals surface area contributed by atoms with Crippen LogP contribution in [0.4, 0.5) is 0 Å². The number of aromatic hydroxyl groups is 2.